The van der Waals surface area contributed by atoms with Crippen molar-refractivity contribution in [1.29, 1.82) is 0 Å². The molecule has 3 aromatic carbocycles. The SMILES string of the molecule is C=CCOc1ccccc1/C=c1/sc2n(c1=O)[C@@H](c1cccc(OC)c1)C(C(=O)Nc1ccccc1)=C(C)N=2. The van der Waals surface area contributed by atoms with E-state index in [0.717, 1.165) is 11.1 Å². The van der Waals surface area contributed by atoms with Crippen LogP contribution in [0.15, 0.2) is 113 Å². The van der Waals surface area contributed by atoms with E-state index in [2.05, 4.69) is 11.9 Å². The van der Waals surface area contributed by atoms with Gasteiger partial charge in [0.25, 0.3) is 11.5 Å². The van der Waals surface area contributed by atoms with Crippen LogP contribution in [0.5, 0.6) is 11.5 Å². The molecule has 0 saturated carbocycles. The van der Waals surface area contributed by atoms with Gasteiger partial charge in [-0.2, -0.15) is 0 Å². The minimum Gasteiger partial charge on any atom is -0.497 e. The second-order valence-corrected chi connectivity index (χ2v) is 9.83. The van der Waals surface area contributed by atoms with E-state index in [4.69, 9.17) is 14.5 Å². The van der Waals surface area contributed by atoms with Crippen molar-refractivity contribution in [1.82, 2.24) is 4.57 Å². The van der Waals surface area contributed by atoms with E-state index in [9.17, 15) is 9.59 Å². The summed E-state index contributed by atoms with van der Waals surface area (Å²) in [6.45, 7) is 5.85. The third-order valence-electron chi connectivity index (χ3n) is 6.27. The molecule has 1 aromatic heterocycles. The summed E-state index contributed by atoms with van der Waals surface area (Å²) in [5.41, 5.74) is 2.84. The Morgan fingerprint density at radius 1 is 1.10 bits per heavy atom. The maximum atomic E-state index is 14.0. The first kappa shape index (κ1) is 25.9. The van der Waals surface area contributed by atoms with Crippen LogP contribution >= 0.6 is 11.3 Å². The van der Waals surface area contributed by atoms with Crippen molar-refractivity contribution in [3.8, 4) is 11.5 Å². The maximum absolute atomic E-state index is 14.0. The molecule has 0 unspecified atom stereocenters. The highest BCUT2D eigenvalue weighted by Gasteiger charge is 2.32. The Kier molecular flexibility index (Phi) is 7.56. The fourth-order valence-electron chi connectivity index (χ4n) is 4.48. The molecule has 39 heavy (non-hydrogen) atoms. The van der Waals surface area contributed by atoms with Gasteiger partial charge in [0, 0.05) is 11.3 Å². The number of carbonyl (C=O) groups is 1. The Labute approximate surface area is 229 Å². The first-order valence-electron chi connectivity index (χ1n) is 12.4. The lowest BCUT2D eigenvalue weighted by Crippen LogP contribution is -2.40. The van der Waals surface area contributed by atoms with E-state index < -0.39 is 6.04 Å². The molecule has 5 rings (SSSR count). The number of carbonyl (C=O) groups excluding carboxylic acids is 1. The molecule has 4 aromatic rings. The first-order valence-corrected chi connectivity index (χ1v) is 13.2. The third-order valence-corrected chi connectivity index (χ3v) is 7.25. The molecule has 8 heteroatoms. The Morgan fingerprint density at radius 2 is 1.87 bits per heavy atom. The number of benzene rings is 3. The lowest BCUT2D eigenvalue weighted by atomic mass is 9.95. The van der Waals surface area contributed by atoms with Gasteiger partial charge < -0.3 is 14.8 Å². The highest BCUT2D eigenvalue weighted by atomic mass is 32.1. The van der Waals surface area contributed by atoms with Crippen LogP contribution in [-0.2, 0) is 4.79 Å². The van der Waals surface area contributed by atoms with Crippen molar-refractivity contribution in [2.45, 2.75) is 13.0 Å². The first-order chi connectivity index (χ1) is 19.0. The number of thiazole rings is 1. The van der Waals surface area contributed by atoms with Crippen LogP contribution in [0.1, 0.15) is 24.1 Å². The quantitative estimate of drug-likeness (QED) is 0.337. The number of nitrogens with one attached hydrogen (secondary N) is 1. The summed E-state index contributed by atoms with van der Waals surface area (Å²) < 4.78 is 13.3. The number of aromatic nitrogens is 1. The van der Waals surface area contributed by atoms with E-state index in [-0.39, 0.29) is 11.5 Å². The molecule has 1 aliphatic heterocycles. The van der Waals surface area contributed by atoms with Crippen LogP contribution in [0.3, 0.4) is 0 Å². The standard InChI is InChI=1S/C31H27N3O4S/c1-4-17-38-25-16-9-8-11-21(25)19-26-30(36)34-28(22-12-10-15-24(18-22)37-3)27(20(2)32-31(34)39-26)29(35)33-23-13-6-5-7-14-23/h4-16,18-19,28H,1,17H2,2-3H3,(H,33,35)/b26-19+/t28-/m0/s1. The van der Waals surface area contributed by atoms with Crippen LogP contribution in [0.2, 0.25) is 0 Å². The lowest BCUT2D eigenvalue weighted by molar-refractivity contribution is -0.113. The van der Waals surface area contributed by atoms with Crippen molar-refractivity contribution < 1.29 is 14.3 Å². The number of fused-ring (bicyclic) bond motifs is 1. The lowest BCUT2D eigenvalue weighted by Gasteiger charge is -2.25. The Hall–Kier alpha value is -4.69. The van der Waals surface area contributed by atoms with Gasteiger partial charge in [0.2, 0.25) is 0 Å². The van der Waals surface area contributed by atoms with Gasteiger partial charge in [-0.1, -0.05) is 72.5 Å². The summed E-state index contributed by atoms with van der Waals surface area (Å²) in [4.78, 5) is 32.8. The van der Waals surface area contributed by atoms with Crippen molar-refractivity contribution in [3.63, 3.8) is 0 Å². The molecular formula is C31H27N3O4S. The number of hydrogen-bond acceptors (Lipinski definition) is 6. The molecule has 0 fully saturated rings. The summed E-state index contributed by atoms with van der Waals surface area (Å²) in [5.74, 6) is 0.944. The molecule has 0 saturated heterocycles. The molecule has 0 spiro atoms. The van der Waals surface area contributed by atoms with E-state index in [1.54, 1.807) is 30.8 Å². The molecule has 7 nitrogen and oxygen atoms in total. The number of hydrogen-bond donors (Lipinski definition) is 1. The zero-order chi connectivity index (χ0) is 27.4. The fourth-order valence-corrected chi connectivity index (χ4v) is 5.52. The summed E-state index contributed by atoms with van der Waals surface area (Å²) in [5, 5.41) is 2.96. The molecule has 0 radical (unpaired) electrons. The van der Waals surface area contributed by atoms with Gasteiger partial charge in [-0.15, -0.1) is 0 Å². The molecule has 2 heterocycles. The van der Waals surface area contributed by atoms with Crippen LogP contribution in [0.25, 0.3) is 6.08 Å². The second-order valence-electron chi connectivity index (χ2n) is 8.82. The monoisotopic (exact) mass is 537 g/mol. The van der Waals surface area contributed by atoms with Crippen molar-refractivity contribution in [3.05, 3.63) is 134 Å². The Morgan fingerprint density at radius 3 is 2.64 bits per heavy atom. The van der Waals surface area contributed by atoms with E-state index >= 15 is 0 Å². The smallest absolute Gasteiger partial charge is 0.271 e. The Bertz CT molecular complexity index is 1750. The van der Waals surface area contributed by atoms with Crippen LogP contribution in [0, 0.1) is 0 Å². The zero-order valence-corrected chi connectivity index (χ0v) is 22.4. The summed E-state index contributed by atoms with van der Waals surface area (Å²) in [7, 11) is 1.58. The number of methoxy groups -OCH3 is 1. The summed E-state index contributed by atoms with van der Waals surface area (Å²) in [6.07, 6.45) is 3.47. The summed E-state index contributed by atoms with van der Waals surface area (Å²) in [6, 6.07) is 23.4. The largest absolute Gasteiger partial charge is 0.497 e. The number of allylic oxidation sites excluding steroid dienone is 1. The molecule has 1 atom stereocenters. The fraction of sp³-hybridized carbons (Fsp3) is 0.129. The normalized spacial score (nSPS) is 14.8. The van der Waals surface area contributed by atoms with E-state index in [1.165, 1.54) is 11.3 Å². The van der Waals surface area contributed by atoms with Crippen molar-refractivity contribution in [2.24, 2.45) is 4.99 Å². The Balaban J connectivity index is 1.67. The number of para-hydroxylation sites is 2. The number of rotatable bonds is 8. The average molecular weight is 538 g/mol. The minimum atomic E-state index is -0.700. The van der Waals surface area contributed by atoms with Gasteiger partial charge in [-0.3, -0.25) is 14.2 Å². The predicted octanol–water partition coefficient (Wildman–Crippen LogP) is 4.45. The molecule has 1 N–H and O–H groups in total. The highest BCUT2D eigenvalue weighted by molar-refractivity contribution is 7.07. The predicted molar refractivity (Wildman–Crippen MR) is 154 cm³/mol. The molecule has 1 amide bonds. The highest BCUT2D eigenvalue weighted by Crippen LogP contribution is 2.32. The molecule has 0 aliphatic carbocycles. The van der Waals surface area contributed by atoms with Gasteiger partial charge in [-0.25, -0.2) is 4.99 Å². The number of anilines is 1. The summed E-state index contributed by atoms with van der Waals surface area (Å²) >= 11 is 1.27. The maximum Gasteiger partial charge on any atom is 0.271 e. The van der Waals surface area contributed by atoms with Gasteiger partial charge >= 0.3 is 0 Å². The average Bonchev–Trinajstić information content (AvgIpc) is 3.26. The minimum absolute atomic E-state index is 0.248. The van der Waals surface area contributed by atoms with Crippen LogP contribution < -0.4 is 29.7 Å². The number of nitrogens with zero attached hydrogens (tertiary/aromatic N) is 2. The van der Waals surface area contributed by atoms with Gasteiger partial charge in [0.05, 0.1) is 29.0 Å². The molecular weight excluding hydrogens is 510 g/mol. The topological polar surface area (TPSA) is 81.9 Å². The van der Waals surface area contributed by atoms with Gasteiger partial charge in [0.15, 0.2) is 4.80 Å². The molecule has 0 bridgehead atoms. The number of ether oxygens (including phenoxy) is 2. The zero-order valence-electron chi connectivity index (χ0n) is 21.6. The van der Waals surface area contributed by atoms with E-state index in [0.29, 0.717) is 44.4 Å². The molecule has 1 aliphatic rings. The van der Waals surface area contributed by atoms with Gasteiger partial charge in [0.1, 0.15) is 18.1 Å². The molecule has 196 valence electrons. The number of amides is 1. The van der Waals surface area contributed by atoms with Crippen LogP contribution in [-0.4, -0.2) is 24.2 Å². The van der Waals surface area contributed by atoms with Crippen LogP contribution in [0.4, 0.5) is 5.69 Å². The van der Waals surface area contributed by atoms with Crippen molar-refractivity contribution >= 4 is 29.0 Å². The third kappa shape index (κ3) is 5.32. The van der Waals surface area contributed by atoms with Gasteiger partial charge in [-0.05, 0) is 48.9 Å². The second kappa shape index (κ2) is 11.4. The van der Waals surface area contributed by atoms with Crippen molar-refractivity contribution in [2.75, 3.05) is 19.0 Å². The van der Waals surface area contributed by atoms with E-state index in [1.807, 2.05) is 78.9 Å².